The lowest BCUT2D eigenvalue weighted by Gasteiger charge is -2.27. The maximum atomic E-state index is 6.00. The van der Waals surface area contributed by atoms with Gasteiger partial charge in [-0.1, -0.05) is 27.7 Å². The third kappa shape index (κ3) is 3.95. The van der Waals surface area contributed by atoms with Crippen LogP contribution >= 0.6 is 11.6 Å². The first-order valence-corrected chi connectivity index (χ1v) is 7.64. The predicted octanol–water partition coefficient (Wildman–Crippen LogP) is 3.22. The number of nitrogens with zero attached hydrogens (tertiary/aromatic N) is 4. The molecule has 1 saturated heterocycles. The van der Waals surface area contributed by atoms with Gasteiger partial charge in [0.2, 0.25) is 17.2 Å². The second-order valence-electron chi connectivity index (χ2n) is 6.57. The molecule has 0 amide bonds. The normalized spacial score (nSPS) is 17.4. The van der Waals surface area contributed by atoms with E-state index in [-0.39, 0.29) is 10.7 Å². The Morgan fingerprint density at radius 3 is 2.45 bits per heavy atom. The van der Waals surface area contributed by atoms with Crippen molar-refractivity contribution in [2.45, 2.75) is 40.5 Å². The van der Waals surface area contributed by atoms with Crippen LogP contribution in [0.15, 0.2) is 0 Å². The summed E-state index contributed by atoms with van der Waals surface area (Å²) in [6.07, 6.45) is 2.38. The van der Waals surface area contributed by atoms with Gasteiger partial charge in [0, 0.05) is 19.6 Å². The van der Waals surface area contributed by atoms with Crippen molar-refractivity contribution in [2.24, 2.45) is 11.3 Å². The Hall–Kier alpha value is -1.10. The molecule has 0 aromatic carbocycles. The van der Waals surface area contributed by atoms with Gasteiger partial charge in [0.25, 0.3) is 0 Å². The van der Waals surface area contributed by atoms with Gasteiger partial charge in [-0.3, -0.25) is 0 Å². The number of anilines is 2. The molecule has 1 unspecified atom stereocenters. The third-order valence-corrected chi connectivity index (χ3v) is 4.20. The van der Waals surface area contributed by atoms with Crippen LogP contribution in [0.5, 0.6) is 0 Å². The molecule has 112 valence electrons. The highest BCUT2D eigenvalue weighted by molar-refractivity contribution is 6.28. The van der Waals surface area contributed by atoms with Crippen molar-refractivity contribution in [1.29, 1.82) is 0 Å². The molecule has 1 atom stereocenters. The standard InChI is InChI=1S/C14H24ClN5/c1-10(14(2,3)4)9-16-12-17-11(15)18-13(19-12)20-7-5-6-8-20/h10H,5-9H2,1-4H3,(H,16,17,18,19). The predicted molar refractivity (Wildman–Crippen MR) is 83.4 cm³/mol. The van der Waals surface area contributed by atoms with Crippen LogP contribution < -0.4 is 10.2 Å². The Bertz CT molecular complexity index is 451. The van der Waals surface area contributed by atoms with E-state index in [0.717, 1.165) is 19.6 Å². The molecule has 5 nitrogen and oxygen atoms in total. The van der Waals surface area contributed by atoms with E-state index in [0.29, 0.717) is 17.8 Å². The lowest BCUT2D eigenvalue weighted by atomic mass is 9.82. The Morgan fingerprint density at radius 1 is 1.20 bits per heavy atom. The minimum atomic E-state index is 0.252. The van der Waals surface area contributed by atoms with Crippen molar-refractivity contribution >= 4 is 23.5 Å². The number of hydrogen-bond acceptors (Lipinski definition) is 5. The largest absolute Gasteiger partial charge is 0.354 e. The van der Waals surface area contributed by atoms with Crippen molar-refractivity contribution in [3.05, 3.63) is 5.28 Å². The fraction of sp³-hybridized carbons (Fsp3) is 0.786. The number of hydrogen-bond donors (Lipinski definition) is 1. The number of aromatic nitrogens is 3. The first-order chi connectivity index (χ1) is 9.36. The van der Waals surface area contributed by atoms with Crippen LogP contribution in [0.1, 0.15) is 40.5 Å². The Morgan fingerprint density at radius 2 is 1.85 bits per heavy atom. The fourth-order valence-corrected chi connectivity index (χ4v) is 2.18. The summed E-state index contributed by atoms with van der Waals surface area (Å²) >= 11 is 6.00. The van der Waals surface area contributed by atoms with Crippen LogP contribution in [-0.2, 0) is 0 Å². The van der Waals surface area contributed by atoms with Crippen LogP contribution in [0, 0.1) is 11.3 Å². The van der Waals surface area contributed by atoms with Gasteiger partial charge in [0.05, 0.1) is 0 Å². The van der Waals surface area contributed by atoms with E-state index < -0.39 is 0 Å². The molecule has 1 aliphatic heterocycles. The minimum Gasteiger partial charge on any atom is -0.354 e. The van der Waals surface area contributed by atoms with E-state index in [1.54, 1.807) is 0 Å². The van der Waals surface area contributed by atoms with Crippen LogP contribution in [0.4, 0.5) is 11.9 Å². The number of halogens is 1. The minimum absolute atomic E-state index is 0.252. The fourth-order valence-electron chi connectivity index (χ4n) is 2.03. The molecule has 1 aromatic heterocycles. The first-order valence-electron chi connectivity index (χ1n) is 7.26. The molecule has 2 heterocycles. The highest BCUT2D eigenvalue weighted by Gasteiger charge is 2.21. The quantitative estimate of drug-likeness (QED) is 0.925. The first kappa shape index (κ1) is 15.3. The van der Waals surface area contributed by atoms with Gasteiger partial charge in [-0.25, -0.2) is 0 Å². The molecule has 6 heteroatoms. The SMILES string of the molecule is CC(CNc1nc(Cl)nc(N2CCCC2)n1)C(C)(C)C. The van der Waals surface area contributed by atoms with Gasteiger partial charge in [0.15, 0.2) is 0 Å². The molecular formula is C14H24ClN5. The molecule has 20 heavy (non-hydrogen) atoms. The molecule has 0 aliphatic carbocycles. The second-order valence-corrected chi connectivity index (χ2v) is 6.91. The molecule has 1 N–H and O–H groups in total. The lowest BCUT2D eigenvalue weighted by Crippen LogP contribution is -2.26. The van der Waals surface area contributed by atoms with Crippen LogP contribution in [0.2, 0.25) is 5.28 Å². The van der Waals surface area contributed by atoms with Crippen molar-refractivity contribution < 1.29 is 0 Å². The summed E-state index contributed by atoms with van der Waals surface area (Å²) in [6, 6.07) is 0. The Kier molecular flexibility index (Phi) is 4.68. The molecule has 0 bridgehead atoms. The van der Waals surface area contributed by atoms with Gasteiger partial charge in [-0.2, -0.15) is 15.0 Å². The Balaban J connectivity index is 2.04. The maximum absolute atomic E-state index is 6.00. The molecule has 0 radical (unpaired) electrons. The topological polar surface area (TPSA) is 53.9 Å². The summed E-state index contributed by atoms with van der Waals surface area (Å²) < 4.78 is 0. The zero-order chi connectivity index (χ0) is 14.8. The molecule has 0 spiro atoms. The summed E-state index contributed by atoms with van der Waals surface area (Å²) in [6.45, 7) is 11.7. The van der Waals surface area contributed by atoms with E-state index in [9.17, 15) is 0 Å². The average Bonchev–Trinajstić information content (AvgIpc) is 2.88. The van der Waals surface area contributed by atoms with Gasteiger partial charge < -0.3 is 10.2 Å². The van der Waals surface area contributed by atoms with Gasteiger partial charge in [0.1, 0.15) is 0 Å². The highest BCUT2D eigenvalue weighted by Crippen LogP contribution is 2.25. The number of nitrogens with one attached hydrogen (secondary N) is 1. The molecule has 1 fully saturated rings. The molecule has 2 rings (SSSR count). The monoisotopic (exact) mass is 297 g/mol. The zero-order valence-corrected chi connectivity index (χ0v) is 13.5. The average molecular weight is 298 g/mol. The highest BCUT2D eigenvalue weighted by atomic mass is 35.5. The van der Waals surface area contributed by atoms with Crippen molar-refractivity contribution in [3.63, 3.8) is 0 Å². The molecule has 1 aliphatic rings. The van der Waals surface area contributed by atoms with Crippen molar-refractivity contribution in [3.8, 4) is 0 Å². The number of rotatable bonds is 4. The van der Waals surface area contributed by atoms with E-state index >= 15 is 0 Å². The smallest absolute Gasteiger partial charge is 0.231 e. The molecule has 1 aromatic rings. The van der Waals surface area contributed by atoms with E-state index in [1.165, 1.54) is 12.8 Å². The summed E-state index contributed by atoms with van der Waals surface area (Å²) in [4.78, 5) is 15.0. The summed E-state index contributed by atoms with van der Waals surface area (Å²) in [7, 11) is 0. The van der Waals surface area contributed by atoms with Crippen LogP contribution in [0.25, 0.3) is 0 Å². The van der Waals surface area contributed by atoms with Gasteiger partial charge in [-0.15, -0.1) is 0 Å². The Labute approximate surface area is 126 Å². The van der Waals surface area contributed by atoms with Crippen molar-refractivity contribution in [2.75, 3.05) is 29.9 Å². The third-order valence-electron chi connectivity index (χ3n) is 4.03. The summed E-state index contributed by atoms with van der Waals surface area (Å²) in [5.41, 5.74) is 0.252. The molecule has 0 saturated carbocycles. The van der Waals surface area contributed by atoms with Gasteiger partial charge in [-0.05, 0) is 35.8 Å². The summed E-state index contributed by atoms with van der Waals surface area (Å²) in [5, 5.41) is 3.54. The summed E-state index contributed by atoms with van der Waals surface area (Å²) in [5.74, 6) is 1.77. The maximum Gasteiger partial charge on any atom is 0.231 e. The van der Waals surface area contributed by atoms with E-state index in [4.69, 9.17) is 11.6 Å². The van der Waals surface area contributed by atoms with E-state index in [1.807, 2.05) is 0 Å². The van der Waals surface area contributed by atoms with Crippen molar-refractivity contribution in [1.82, 2.24) is 15.0 Å². The van der Waals surface area contributed by atoms with E-state index in [2.05, 4.69) is 52.9 Å². The zero-order valence-electron chi connectivity index (χ0n) is 12.8. The second kappa shape index (κ2) is 6.12. The van der Waals surface area contributed by atoms with Crippen LogP contribution in [0.3, 0.4) is 0 Å². The lowest BCUT2D eigenvalue weighted by molar-refractivity contribution is 0.274. The van der Waals surface area contributed by atoms with Crippen LogP contribution in [-0.4, -0.2) is 34.6 Å². The molecular weight excluding hydrogens is 274 g/mol. The van der Waals surface area contributed by atoms with Gasteiger partial charge >= 0.3 is 0 Å².